The van der Waals surface area contributed by atoms with Gasteiger partial charge < -0.3 is 10.6 Å². The van der Waals surface area contributed by atoms with Crippen molar-refractivity contribution in [3.8, 4) is 0 Å². The van der Waals surface area contributed by atoms with Gasteiger partial charge in [0.05, 0.1) is 22.9 Å². The van der Waals surface area contributed by atoms with Crippen LogP contribution in [0.15, 0.2) is 18.3 Å². The van der Waals surface area contributed by atoms with E-state index in [4.69, 9.17) is 11.6 Å². The second-order valence-electron chi connectivity index (χ2n) is 6.99. The number of fused-ring (bicyclic) bond motifs is 1. The molecule has 0 spiro atoms. The third-order valence-electron chi connectivity index (χ3n) is 4.52. The topological polar surface area (TPSA) is 66.9 Å². The molecule has 0 aromatic carbocycles. The number of carbonyl (C=O) groups excluding carboxylic acids is 1. The van der Waals surface area contributed by atoms with Crippen molar-refractivity contribution in [3.63, 3.8) is 0 Å². The summed E-state index contributed by atoms with van der Waals surface area (Å²) in [6.45, 7) is 3.95. The van der Waals surface area contributed by atoms with E-state index in [2.05, 4.69) is 20.6 Å². The lowest BCUT2D eigenvalue weighted by Gasteiger charge is -2.29. The average Bonchev–Trinajstić information content (AvgIpc) is 2.52. The van der Waals surface area contributed by atoms with Crippen molar-refractivity contribution >= 4 is 34.4 Å². The number of anilines is 1. The van der Waals surface area contributed by atoms with Crippen molar-refractivity contribution in [1.29, 1.82) is 0 Å². The first-order valence-electron chi connectivity index (χ1n) is 8.66. The van der Waals surface area contributed by atoms with E-state index in [-0.39, 0.29) is 18.8 Å². The van der Waals surface area contributed by atoms with Crippen LogP contribution < -0.4 is 10.6 Å². The molecule has 2 aromatic heterocycles. The van der Waals surface area contributed by atoms with Crippen LogP contribution in [0.2, 0.25) is 5.15 Å². The van der Waals surface area contributed by atoms with Gasteiger partial charge in [0.15, 0.2) is 0 Å². The molecule has 2 N–H and O–H groups in total. The first-order valence-corrected chi connectivity index (χ1v) is 9.03. The number of halogens is 3. The first-order chi connectivity index (χ1) is 12.2. The van der Waals surface area contributed by atoms with E-state index in [1.807, 2.05) is 13.8 Å². The van der Waals surface area contributed by atoms with Gasteiger partial charge in [-0.2, -0.15) is 0 Å². The number of hydrogen-bond acceptors (Lipinski definition) is 3. The summed E-state index contributed by atoms with van der Waals surface area (Å²) in [5, 5.41) is 5.72. The lowest BCUT2D eigenvalue weighted by atomic mass is 9.92. The van der Waals surface area contributed by atoms with Crippen LogP contribution in [0.25, 0.3) is 11.0 Å². The second-order valence-corrected chi connectivity index (χ2v) is 7.38. The fourth-order valence-corrected chi connectivity index (χ4v) is 3.53. The molecule has 1 aliphatic carbocycles. The number of nitrogens with zero attached hydrogens (tertiary/aromatic N) is 2. The van der Waals surface area contributed by atoms with Gasteiger partial charge in [-0.25, -0.2) is 18.6 Å². The van der Waals surface area contributed by atoms with Crippen molar-refractivity contribution in [2.24, 2.45) is 0 Å². The van der Waals surface area contributed by atoms with Gasteiger partial charge in [-0.05, 0) is 30.9 Å². The Morgan fingerprint density at radius 1 is 1.38 bits per heavy atom. The molecule has 1 saturated carbocycles. The van der Waals surface area contributed by atoms with Gasteiger partial charge in [0.2, 0.25) is 5.92 Å². The Kier molecular flexibility index (Phi) is 5.27. The summed E-state index contributed by atoms with van der Waals surface area (Å²) in [6.07, 6.45) is 2.06. The molecule has 2 amide bonds. The third kappa shape index (κ3) is 4.20. The maximum Gasteiger partial charge on any atom is 0.319 e. The summed E-state index contributed by atoms with van der Waals surface area (Å²) in [6, 6.07) is 2.37. The number of alkyl halides is 2. The monoisotopic (exact) mass is 382 g/mol. The smallest absolute Gasteiger partial charge is 0.319 e. The molecule has 0 bridgehead atoms. The Balaban J connectivity index is 1.81. The largest absolute Gasteiger partial charge is 0.335 e. The van der Waals surface area contributed by atoms with Crippen LogP contribution in [0.1, 0.15) is 51.0 Å². The minimum Gasteiger partial charge on any atom is -0.335 e. The molecule has 0 saturated heterocycles. The Hall–Kier alpha value is -2.02. The molecule has 140 valence electrons. The van der Waals surface area contributed by atoms with Crippen LogP contribution >= 0.6 is 11.6 Å². The highest BCUT2D eigenvalue weighted by atomic mass is 35.5. The summed E-state index contributed by atoms with van der Waals surface area (Å²) < 4.78 is 27.0. The Bertz CT molecular complexity index is 828. The van der Waals surface area contributed by atoms with E-state index in [0.717, 1.165) is 5.56 Å². The quantitative estimate of drug-likeness (QED) is 0.725. The van der Waals surface area contributed by atoms with Crippen molar-refractivity contribution in [2.45, 2.75) is 57.4 Å². The maximum atomic E-state index is 13.5. The number of carbonyl (C=O) groups is 1. The average molecular weight is 383 g/mol. The summed E-state index contributed by atoms with van der Waals surface area (Å²) in [7, 11) is 0. The molecular formula is C18H21ClF2N4O. The SMILES string of the molecule is CC(C)c1c(NC(=O)NC2CCCC(F)(F)C2)cnc2ccc(Cl)nc12. The fourth-order valence-electron chi connectivity index (χ4n) is 3.38. The van der Waals surface area contributed by atoms with Gasteiger partial charge in [0.1, 0.15) is 5.15 Å². The molecule has 1 fully saturated rings. The van der Waals surface area contributed by atoms with Gasteiger partial charge in [-0.1, -0.05) is 25.4 Å². The third-order valence-corrected chi connectivity index (χ3v) is 4.73. The Labute approximate surface area is 155 Å². The van der Waals surface area contributed by atoms with E-state index in [1.54, 1.807) is 18.3 Å². The highest BCUT2D eigenvalue weighted by molar-refractivity contribution is 6.29. The van der Waals surface area contributed by atoms with Gasteiger partial charge in [0, 0.05) is 24.4 Å². The van der Waals surface area contributed by atoms with Crippen molar-refractivity contribution in [2.75, 3.05) is 5.32 Å². The van der Waals surface area contributed by atoms with Gasteiger partial charge in [0.25, 0.3) is 0 Å². The van der Waals surface area contributed by atoms with E-state index < -0.39 is 18.0 Å². The number of aromatic nitrogens is 2. The zero-order chi connectivity index (χ0) is 18.9. The van der Waals surface area contributed by atoms with Crippen molar-refractivity contribution in [1.82, 2.24) is 15.3 Å². The van der Waals surface area contributed by atoms with Gasteiger partial charge in [-0.3, -0.25) is 4.98 Å². The first kappa shape index (κ1) is 18.8. The fraction of sp³-hybridized carbons (Fsp3) is 0.500. The standard InChI is InChI=1S/C18H21ClF2N4O/c1-10(2)15-13(9-22-12-5-6-14(19)25-16(12)15)24-17(26)23-11-4-3-7-18(20,21)8-11/h5-6,9-11H,3-4,7-8H2,1-2H3,(H2,23,24,26). The minimum atomic E-state index is -2.72. The molecule has 1 atom stereocenters. The van der Waals surface area contributed by atoms with Gasteiger partial charge >= 0.3 is 6.03 Å². The predicted octanol–water partition coefficient (Wildman–Crippen LogP) is 5.11. The van der Waals surface area contributed by atoms with Crippen LogP contribution in [0.5, 0.6) is 0 Å². The molecule has 3 rings (SSSR count). The summed E-state index contributed by atoms with van der Waals surface area (Å²) in [5.41, 5.74) is 2.61. The zero-order valence-corrected chi connectivity index (χ0v) is 15.4. The summed E-state index contributed by atoms with van der Waals surface area (Å²) in [4.78, 5) is 21.0. The molecule has 26 heavy (non-hydrogen) atoms. The Morgan fingerprint density at radius 2 is 2.15 bits per heavy atom. The van der Waals surface area contributed by atoms with Crippen molar-refractivity contribution < 1.29 is 13.6 Å². The zero-order valence-electron chi connectivity index (χ0n) is 14.7. The number of nitrogens with one attached hydrogen (secondary N) is 2. The highest BCUT2D eigenvalue weighted by Gasteiger charge is 2.36. The number of urea groups is 1. The maximum absolute atomic E-state index is 13.5. The summed E-state index contributed by atoms with van der Waals surface area (Å²) >= 11 is 6.00. The highest BCUT2D eigenvalue weighted by Crippen LogP contribution is 2.33. The van der Waals surface area contributed by atoms with E-state index >= 15 is 0 Å². The number of pyridine rings is 2. The Morgan fingerprint density at radius 3 is 2.85 bits per heavy atom. The van der Waals surface area contributed by atoms with E-state index in [0.29, 0.717) is 34.7 Å². The van der Waals surface area contributed by atoms with Crippen LogP contribution in [-0.2, 0) is 0 Å². The van der Waals surface area contributed by atoms with Crippen LogP contribution in [0.4, 0.5) is 19.3 Å². The van der Waals surface area contributed by atoms with E-state index in [9.17, 15) is 13.6 Å². The molecule has 1 unspecified atom stereocenters. The van der Waals surface area contributed by atoms with Gasteiger partial charge in [-0.15, -0.1) is 0 Å². The summed E-state index contributed by atoms with van der Waals surface area (Å²) in [5.74, 6) is -2.66. The van der Waals surface area contributed by atoms with Crippen LogP contribution in [-0.4, -0.2) is 28.0 Å². The molecule has 1 aliphatic rings. The van der Waals surface area contributed by atoms with Crippen LogP contribution in [0.3, 0.4) is 0 Å². The van der Waals surface area contributed by atoms with E-state index in [1.165, 1.54) is 0 Å². The lowest BCUT2D eigenvalue weighted by Crippen LogP contribution is -2.43. The normalized spacial score (nSPS) is 19.5. The van der Waals surface area contributed by atoms with Crippen LogP contribution in [0, 0.1) is 0 Å². The number of rotatable bonds is 3. The molecule has 5 nitrogen and oxygen atoms in total. The molecule has 2 heterocycles. The minimum absolute atomic E-state index is 0.0563. The lowest BCUT2D eigenvalue weighted by molar-refractivity contribution is -0.0423. The molecule has 8 heteroatoms. The predicted molar refractivity (Wildman–Crippen MR) is 98.0 cm³/mol. The number of amides is 2. The number of hydrogen-bond donors (Lipinski definition) is 2. The van der Waals surface area contributed by atoms with Crippen molar-refractivity contribution in [3.05, 3.63) is 29.0 Å². The second kappa shape index (κ2) is 7.31. The molecule has 0 radical (unpaired) electrons. The molecular weight excluding hydrogens is 362 g/mol. The molecule has 2 aromatic rings. The molecule has 0 aliphatic heterocycles.